The molecule has 0 radical (unpaired) electrons. The van der Waals surface area contributed by atoms with Crippen molar-refractivity contribution in [2.45, 2.75) is 55.0 Å². The van der Waals surface area contributed by atoms with Gasteiger partial charge < -0.3 is 4.74 Å². The second kappa shape index (κ2) is 8.09. The molecule has 2 rings (SSSR count). The summed E-state index contributed by atoms with van der Waals surface area (Å²) in [6, 6.07) is 3.59. The summed E-state index contributed by atoms with van der Waals surface area (Å²) in [6.45, 7) is 14.9. The maximum Gasteiger partial charge on any atom is 0.223 e. The molecular formula is C21H27ClN2O2. The van der Waals surface area contributed by atoms with Crippen molar-refractivity contribution >= 4 is 23.0 Å². The lowest BCUT2D eigenvalue weighted by Gasteiger charge is -2.15. The van der Waals surface area contributed by atoms with Gasteiger partial charge in [0.1, 0.15) is 5.56 Å². The lowest BCUT2D eigenvalue weighted by molar-refractivity contribution is 0.103. The number of aromatic nitrogens is 2. The molecule has 0 saturated heterocycles. The summed E-state index contributed by atoms with van der Waals surface area (Å²) in [5.41, 5.74) is 5.90. The number of allylic oxidation sites excluding steroid dienone is 2. The highest BCUT2D eigenvalue weighted by molar-refractivity contribution is 6.32. The minimum Gasteiger partial charge on any atom is -0.478 e. The van der Waals surface area contributed by atoms with Crippen molar-refractivity contribution in [3.05, 3.63) is 50.7 Å². The molecule has 0 aliphatic heterocycles. The van der Waals surface area contributed by atoms with E-state index in [0.717, 1.165) is 16.7 Å². The molecule has 4 nitrogen and oxygen atoms in total. The number of ketones is 1. The Kier molecular flexibility index (Phi) is 6.30. The third-order valence-corrected chi connectivity index (χ3v) is 4.99. The summed E-state index contributed by atoms with van der Waals surface area (Å²) < 4.78 is 7.48. The van der Waals surface area contributed by atoms with E-state index in [1.54, 1.807) is 16.8 Å². The predicted molar refractivity (Wildman–Crippen MR) is 107 cm³/mol. The van der Waals surface area contributed by atoms with E-state index in [1.807, 2.05) is 48.5 Å². The molecule has 1 heterocycles. The average molecular weight is 375 g/mol. The first kappa shape index (κ1) is 20.2. The third kappa shape index (κ3) is 3.56. The number of hydrogen-bond acceptors (Lipinski definition) is 3. The molecular weight excluding hydrogens is 348 g/mol. The zero-order valence-corrected chi connectivity index (χ0v) is 17.4. The van der Waals surface area contributed by atoms with Crippen LogP contribution in [0.2, 0.25) is 5.02 Å². The maximum atomic E-state index is 13.4. The minimum absolute atomic E-state index is 0.0809. The van der Waals surface area contributed by atoms with Crippen molar-refractivity contribution in [2.24, 2.45) is 0 Å². The Labute approximate surface area is 160 Å². The van der Waals surface area contributed by atoms with Gasteiger partial charge in [-0.2, -0.15) is 5.10 Å². The summed E-state index contributed by atoms with van der Waals surface area (Å²) >= 11 is 6.44. The highest BCUT2D eigenvalue weighted by atomic mass is 35.5. The Bertz CT molecular complexity index is 875. The van der Waals surface area contributed by atoms with E-state index < -0.39 is 0 Å². The second-order valence-corrected chi connectivity index (χ2v) is 6.97. The number of ether oxygens (including phenoxy) is 1. The molecule has 1 aromatic heterocycles. The van der Waals surface area contributed by atoms with E-state index in [9.17, 15) is 4.79 Å². The molecule has 0 aliphatic rings. The van der Waals surface area contributed by atoms with Crippen LogP contribution in [0.4, 0.5) is 0 Å². The summed E-state index contributed by atoms with van der Waals surface area (Å²) in [5.74, 6) is 0.454. The smallest absolute Gasteiger partial charge is 0.223 e. The highest BCUT2D eigenvalue weighted by Crippen LogP contribution is 2.34. The quantitative estimate of drug-likeness (QED) is 0.616. The average Bonchev–Trinajstić information content (AvgIpc) is 2.90. The van der Waals surface area contributed by atoms with E-state index in [0.29, 0.717) is 40.9 Å². The van der Waals surface area contributed by atoms with Gasteiger partial charge in [-0.05, 0) is 77.3 Å². The minimum atomic E-state index is -0.0809. The fourth-order valence-electron chi connectivity index (χ4n) is 3.09. The van der Waals surface area contributed by atoms with Gasteiger partial charge in [-0.25, -0.2) is 4.68 Å². The van der Waals surface area contributed by atoms with Crippen molar-refractivity contribution in [1.82, 2.24) is 9.78 Å². The Balaban J connectivity index is 2.68. The number of halogens is 1. The van der Waals surface area contributed by atoms with Gasteiger partial charge in [0.25, 0.3) is 0 Å². The second-order valence-electron chi connectivity index (χ2n) is 6.56. The van der Waals surface area contributed by atoms with Crippen LogP contribution in [0.3, 0.4) is 0 Å². The SMILES string of the molecule is CCOc1c(C(=O)c2ccc(Cl)c(C(C)=C(C)C)c2C)c(C)nn1CC. The van der Waals surface area contributed by atoms with Crippen LogP contribution < -0.4 is 4.74 Å². The molecule has 26 heavy (non-hydrogen) atoms. The van der Waals surface area contributed by atoms with Crippen LogP contribution in [-0.2, 0) is 6.54 Å². The number of rotatable bonds is 6. The number of aryl methyl sites for hydroxylation is 2. The molecule has 5 heteroatoms. The fourth-order valence-corrected chi connectivity index (χ4v) is 3.44. The Morgan fingerprint density at radius 2 is 1.81 bits per heavy atom. The first-order valence-corrected chi connectivity index (χ1v) is 9.30. The van der Waals surface area contributed by atoms with E-state index in [1.165, 1.54) is 5.57 Å². The summed E-state index contributed by atoms with van der Waals surface area (Å²) in [5, 5.41) is 5.12. The van der Waals surface area contributed by atoms with Crippen molar-refractivity contribution in [3.8, 4) is 5.88 Å². The molecule has 0 amide bonds. The molecule has 1 aromatic carbocycles. The first-order valence-electron chi connectivity index (χ1n) is 8.92. The van der Waals surface area contributed by atoms with Gasteiger partial charge in [-0.1, -0.05) is 17.2 Å². The Morgan fingerprint density at radius 1 is 1.15 bits per heavy atom. The van der Waals surface area contributed by atoms with Gasteiger partial charge in [0.05, 0.1) is 12.3 Å². The lowest BCUT2D eigenvalue weighted by atomic mass is 9.91. The normalized spacial score (nSPS) is 10.8. The standard InChI is InChI=1S/C21H27ClN2O2/c1-8-24-21(26-9-2)19(15(7)23-24)20(25)16-10-11-17(22)18(14(16)6)13(5)12(3)4/h10-11H,8-9H2,1-7H3. The van der Waals surface area contributed by atoms with Crippen LogP contribution in [0.15, 0.2) is 17.7 Å². The summed E-state index contributed by atoms with van der Waals surface area (Å²) in [6.07, 6.45) is 0. The van der Waals surface area contributed by atoms with Crippen LogP contribution in [0.25, 0.3) is 5.57 Å². The molecule has 2 aromatic rings. The molecule has 0 saturated carbocycles. The molecule has 0 unspecified atom stereocenters. The molecule has 0 N–H and O–H groups in total. The Morgan fingerprint density at radius 3 is 2.35 bits per heavy atom. The van der Waals surface area contributed by atoms with Crippen LogP contribution >= 0.6 is 11.6 Å². The third-order valence-electron chi connectivity index (χ3n) is 4.67. The molecule has 140 valence electrons. The predicted octanol–water partition coefficient (Wildman–Crippen LogP) is 5.62. The number of benzene rings is 1. The number of carbonyl (C=O) groups excluding carboxylic acids is 1. The van der Waals surface area contributed by atoms with Gasteiger partial charge >= 0.3 is 0 Å². The molecule has 0 aliphatic carbocycles. The van der Waals surface area contributed by atoms with Crippen molar-refractivity contribution in [2.75, 3.05) is 6.61 Å². The summed E-state index contributed by atoms with van der Waals surface area (Å²) in [4.78, 5) is 13.4. The summed E-state index contributed by atoms with van der Waals surface area (Å²) in [7, 11) is 0. The van der Waals surface area contributed by atoms with Gasteiger partial charge in [0.15, 0.2) is 0 Å². The number of nitrogens with zero attached hydrogens (tertiary/aromatic N) is 2. The lowest BCUT2D eigenvalue weighted by Crippen LogP contribution is -2.10. The van der Waals surface area contributed by atoms with Crippen LogP contribution in [0.5, 0.6) is 5.88 Å². The van der Waals surface area contributed by atoms with Gasteiger partial charge in [-0.3, -0.25) is 4.79 Å². The Hall–Kier alpha value is -2.07. The molecule has 0 bridgehead atoms. The molecule has 0 atom stereocenters. The van der Waals surface area contributed by atoms with Gasteiger partial charge in [-0.15, -0.1) is 0 Å². The van der Waals surface area contributed by atoms with E-state index in [2.05, 4.69) is 5.10 Å². The maximum absolute atomic E-state index is 13.4. The molecule has 0 fully saturated rings. The van der Waals surface area contributed by atoms with Gasteiger partial charge in [0, 0.05) is 17.1 Å². The van der Waals surface area contributed by atoms with Crippen LogP contribution in [-0.4, -0.2) is 22.2 Å². The van der Waals surface area contributed by atoms with Crippen LogP contribution in [0, 0.1) is 13.8 Å². The first-order chi connectivity index (χ1) is 12.2. The molecule has 0 spiro atoms. The van der Waals surface area contributed by atoms with Gasteiger partial charge in [0.2, 0.25) is 11.7 Å². The van der Waals surface area contributed by atoms with Crippen LogP contribution in [0.1, 0.15) is 67.4 Å². The zero-order valence-electron chi connectivity index (χ0n) is 16.7. The highest BCUT2D eigenvalue weighted by Gasteiger charge is 2.26. The number of carbonyl (C=O) groups is 1. The number of hydrogen-bond donors (Lipinski definition) is 0. The van der Waals surface area contributed by atoms with E-state index in [-0.39, 0.29) is 5.78 Å². The van der Waals surface area contributed by atoms with Crippen molar-refractivity contribution in [1.29, 1.82) is 0 Å². The topological polar surface area (TPSA) is 44.1 Å². The van der Waals surface area contributed by atoms with E-state index >= 15 is 0 Å². The zero-order chi connectivity index (χ0) is 19.6. The monoisotopic (exact) mass is 374 g/mol. The van der Waals surface area contributed by atoms with E-state index in [4.69, 9.17) is 16.3 Å². The fraction of sp³-hybridized carbons (Fsp3) is 0.429. The largest absolute Gasteiger partial charge is 0.478 e. The van der Waals surface area contributed by atoms with Crippen molar-refractivity contribution in [3.63, 3.8) is 0 Å². The van der Waals surface area contributed by atoms with Crippen molar-refractivity contribution < 1.29 is 9.53 Å².